The van der Waals surface area contributed by atoms with Gasteiger partial charge in [-0.2, -0.15) is 0 Å². The van der Waals surface area contributed by atoms with Crippen LogP contribution in [-0.2, 0) is 17.4 Å². The van der Waals surface area contributed by atoms with Crippen molar-refractivity contribution < 1.29 is 4.43 Å². The molecule has 1 aromatic rings. The SMILES string of the molecule is CCC(CC)[Si]OCCN1CCc2ccccc2C1. The van der Waals surface area contributed by atoms with Crippen LogP contribution in [0, 0.1) is 0 Å². The molecule has 0 N–H and O–H groups in total. The fraction of sp³-hybridized carbons (Fsp3) is 0.625. The summed E-state index contributed by atoms with van der Waals surface area (Å²) in [5.74, 6) is 0. The Morgan fingerprint density at radius 1 is 1.21 bits per heavy atom. The summed E-state index contributed by atoms with van der Waals surface area (Å²) < 4.78 is 5.85. The summed E-state index contributed by atoms with van der Waals surface area (Å²) in [7, 11) is 0.681. The van der Waals surface area contributed by atoms with Crippen LogP contribution < -0.4 is 0 Å². The average molecular weight is 275 g/mol. The van der Waals surface area contributed by atoms with E-state index in [1.165, 1.54) is 36.9 Å². The Hall–Kier alpha value is -0.643. The first-order chi connectivity index (χ1) is 9.33. The van der Waals surface area contributed by atoms with Crippen molar-refractivity contribution in [3.05, 3.63) is 35.4 Å². The molecule has 0 fully saturated rings. The Labute approximate surface area is 120 Å². The van der Waals surface area contributed by atoms with Gasteiger partial charge in [-0.25, -0.2) is 0 Å². The summed E-state index contributed by atoms with van der Waals surface area (Å²) in [6, 6.07) is 8.81. The van der Waals surface area contributed by atoms with Crippen LogP contribution in [0.1, 0.15) is 37.8 Å². The molecule has 2 radical (unpaired) electrons. The van der Waals surface area contributed by atoms with Crippen molar-refractivity contribution in [3.63, 3.8) is 0 Å². The molecular weight excluding hydrogens is 250 g/mol. The maximum atomic E-state index is 5.85. The van der Waals surface area contributed by atoms with Crippen LogP contribution in [0.15, 0.2) is 24.3 Å². The van der Waals surface area contributed by atoms with E-state index in [-0.39, 0.29) is 0 Å². The predicted octanol–water partition coefficient (Wildman–Crippen LogP) is 3.29. The molecule has 0 saturated heterocycles. The van der Waals surface area contributed by atoms with Gasteiger partial charge in [-0.1, -0.05) is 51.0 Å². The molecule has 1 aromatic carbocycles. The average Bonchev–Trinajstić information content (AvgIpc) is 2.47. The highest BCUT2D eigenvalue weighted by Crippen LogP contribution is 2.18. The quantitative estimate of drug-likeness (QED) is 0.559. The van der Waals surface area contributed by atoms with Crippen LogP contribution in [0.25, 0.3) is 0 Å². The number of benzene rings is 1. The van der Waals surface area contributed by atoms with E-state index in [9.17, 15) is 0 Å². The van der Waals surface area contributed by atoms with Gasteiger partial charge in [-0.3, -0.25) is 4.90 Å². The lowest BCUT2D eigenvalue weighted by Gasteiger charge is -2.28. The van der Waals surface area contributed by atoms with E-state index in [0.717, 1.165) is 25.2 Å². The Bertz CT molecular complexity index is 379. The van der Waals surface area contributed by atoms with Gasteiger partial charge in [0.25, 0.3) is 0 Å². The molecule has 0 amide bonds. The van der Waals surface area contributed by atoms with Crippen LogP contribution in [0.2, 0.25) is 5.54 Å². The minimum atomic E-state index is 0.681. The van der Waals surface area contributed by atoms with Gasteiger partial charge in [0.2, 0.25) is 9.76 Å². The molecular formula is C16H25NOSi. The molecule has 104 valence electrons. The van der Waals surface area contributed by atoms with Gasteiger partial charge in [-0.05, 0) is 23.1 Å². The summed E-state index contributed by atoms with van der Waals surface area (Å²) in [5.41, 5.74) is 3.79. The molecule has 0 spiro atoms. The van der Waals surface area contributed by atoms with Crippen LogP contribution >= 0.6 is 0 Å². The van der Waals surface area contributed by atoms with E-state index >= 15 is 0 Å². The Kier molecular flexibility index (Phi) is 6.08. The van der Waals surface area contributed by atoms with Crippen LogP contribution in [0.4, 0.5) is 0 Å². The topological polar surface area (TPSA) is 12.5 Å². The standard InChI is InChI=1S/C16H25NOSi/c1-3-16(4-2)19-18-12-11-17-10-9-14-7-5-6-8-15(14)13-17/h5-8,16H,3-4,9-13H2,1-2H3. The lowest BCUT2D eigenvalue weighted by atomic mass is 10.0. The molecule has 0 unspecified atom stereocenters. The van der Waals surface area contributed by atoms with E-state index < -0.39 is 0 Å². The van der Waals surface area contributed by atoms with Gasteiger partial charge in [0.15, 0.2) is 0 Å². The molecule has 0 atom stereocenters. The molecule has 0 aromatic heterocycles. The van der Waals surface area contributed by atoms with Gasteiger partial charge in [0.05, 0.1) is 0 Å². The van der Waals surface area contributed by atoms with Crippen LogP contribution in [0.5, 0.6) is 0 Å². The van der Waals surface area contributed by atoms with E-state index in [1.807, 2.05) is 0 Å². The Balaban J connectivity index is 1.68. The zero-order valence-corrected chi connectivity index (χ0v) is 13.2. The second-order valence-electron chi connectivity index (χ2n) is 5.27. The number of rotatable bonds is 7. The maximum Gasteiger partial charge on any atom is 0.233 e. The van der Waals surface area contributed by atoms with Gasteiger partial charge < -0.3 is 4.43 Å². The van der Waals surface area contributed by atoms with Crippen molar-refractivity contribution in [2.45, 2.75) is 45.2 Å². The number of fused-ring (bicyclic) bond motifs is 1. The fourth-order valence-corrected chi connectivity index (χ4v) is 3.33. The van der Waals surface area contributed by atoms with Gasteiger partial charge in [-0.15, -0.1) is 0 Å². The van der Waals surface area contributed by atoms with Gasteiger partial charge in [0, 0.05) is 26.2 Å². The first-order valence-electron chi connectivity index (χ1n) is 7.50. The lowest BCUT2D eigenvalue weighted by molar-refractivity contribution is 0.198. The van der Waals surface area contributed by atoms with E-state index in [2.05, 4.69) is 43.0 Å². The third-order valence-corrected chi connectivity index (χ3v) is 5.48. The minimum absolute atomic E-state index is 0.681. The van der Waals surface area contributed by atoms with E-state index in [1.54, 1.807) is 0 Å². The van der Waals surface area contributed by atoms with Crippen molar-refractivity contribution in [1.82, 2.24) is 4.90 Å². The zero-order valence-electron chi connectivity index (χ0n) is 12.2. The highest BCUT2D eigenvalue weighted by molar-refractivity contribution is 6.29. The first-order valence-corrected chi connectivity index (χ1v) is 8.48. The summed E-state index contributed by atoms with van der Waals surface area (Å²) in [6.07, 6.45) is 3.67. The second-order valence-corrected chi connectivity index (χ2v) is 6.62. The van der Waals surface area contributed by atoms with Crippen molar-refractivity contribution in [3.8, 4) is 0 Å². The normalized spacial score (nSPS) is 15.7. The van der Waals surface area contributed by atoms with Crippen molar-refractivity contribution in [2.75, 3.05) is 19.7 Å². The van der Waals surface area contributed by atoms with Crippen LogP contribution in [0.3, 0.4) is 0 Å². The summed E-state index contributed by atoms with van der Waals surface area (Å²) in [6.45, 7) is 8.73. The number of hydrogen-bond donors (Lipinski definition) is 0. The Morgan fingerprint density at radius 3 is 2.68 bits per heavy atom. The molecule has 1 aliphatic heterocycles. The van der Waals surface area contributed by atoms with Crippen molar-refractivity contribution in [1.29, 1.82) is 0 Å². The van der Waals surface area contributed by atoms with E-state index in [4.69, 9.17) is 4.43 Å². The maximum absolute atomic E-state index is 5.85. The minimum Gasteiger partial charge on any atom is -0.416 e. The molecule has 1 heterocycles. The third-order valence-electron chi connectivity index (χ3n) is 3.95. The molecule has 0 bridgehead atoms. The summed E-state index contributed by atoms with van der Waals surface area (Å²) >= 11 is 0. The molecule has 2 nitrogen and oxygen atoms in total. The molecule has 0 saturated carbocycles. The first kappa shape index (κ1) is 14.8. The van der Waals surface area contributed by atoms with Crippen LogP contribution in [-0.4, -0.2) is 34.4 Å². The third kappa shape index (κ3) is 4.44. The van der Waals surface area contributed by atoms with Gasteiger partial charge in [0.1, 0.15) is 0 Å². The number of nitrogens with zero attached hydrogens (tertiary/aromatic N) is 1. The number of hydrogen-bond acceptors (Lipinski definition) is 2. The monoisotopic (exact) mass is 275 g/mol. The summed E-state index contributed by atoms with van der Waals surface area (Å²) in [5, 5.41) is 0. The molecule has 2 rings (SSSR count). The molecule has 0 aliphatic carbocycles. The summed E-state index contributed by atoms with van der Waals surface area (Å²) in [4.78, 5) is 2.51. The zero-order chi connectivity index (χ0) is 13.5. The largest absolute Gasteiger partial charge is 0.416 e. The fourth-order valence-electron chi connectivity index (χ4n) is 2.55. The predicted molar refractivity (Wildman–Crippen MR) is 81.5 cm³/mol. The smallest absolute Gasteiger partial charge is 0.233 e. The van der Waals surface area contributed by atoms with Crippen molar-refractivity contribution >= 4 is 9.76 Å². The molecule has 19 heavy (non-hydrogen) atoms. The second kappa shape index (κ2) is 7.83. The molecule has 1 aliphatic rings. The molecule has 3 heteroatoms. The van der Waals surface area contributed by atoms with E-state index in [0.29, 0.717) is 9.76 Å². The Morgan fingerprint density at radius 2 is 1.95 bits per heavy atom. The van der Waals surface area contributed by atoms with Gasteiger partial charge >= 0.3 is 0 Å². The highest BCUT2D eigenvalue weighted by Gasteiger charge is 2.15. The van der Waals surface area contributed by atoms with Crippen molar-refractivity contribution in [2.24, 2.45) is 0 Å². The lowest BCUT2D eigenvalue weighted by Crippen LogP contribution is -2.33. The highest BCUT2D eigenvalue weighted by atomic mass is 28.2.